The van der Waals surface area contributed by atoms with Gasteiger partial charge in [-0.05, 0) is 12.2 Å². The molecule has 1 atom stereocenters. The van der Waals surface area contributed by atoms with E-state index in [2.05, 4.69) is 5.43 Å². The van der Waals surface area contributed by atoms with Crippen LogP contribution in [0.2, 0.25) is 0 Å². The molecule has 3 nitrogen and oxygen atoms in total. The molecular formula is C4H7ClFN3. The minimum Gasteiger partial charge on any atom is -0.274 e. The van der Waals surface area contributed by atoms with Gasteiger partial charge < -0.3 is 0 Å². The minimum atomic E-state index is -1.05. The first-order valence-corrected chi connectivity index (χ1v) is 2.63. The van der Waals surface area contributed by atoms with Crippen LogP contribution in [0.15, 0.2) is 12.2 Å². The second-order valence-corrected chi connectivity index (χ2v) is 1.75. The maximum absolute atomic E-state index is 11.6. The Bertz CT molecular complexity index is 125. The molecule has 5 heteroatoms. The minimum absolute atomic E-state index is 0.624. The number of hydrogen-bond donors (Lipinski definition) is 3. The van der Waals surface area contributed by atoms with Crippen molar-refractivity contribution in [2.75, 3.05) is 0 Å². The molecule has 0 aliphatic rings. The first-order chi connectivity index (χ1) is 4.16. The summed E-state index contributed by atoms with van der Waals surface area (Å²) in [4.78, 5) is 0. The lowest BCUT2D eigenvalue weighted by atomic mass is 10.5. The highest BCUT2D eigenvalue weighted by molar-refractivity contribution is 6.21. The SMILES string of the molecule is N=C(F)/C=C\C(Cl)NN. The number of hydrogen-bond acceptors (Lipinski definition) is 3. The Morgan fingerprint density at radius 2 is 2.44 bits per heavy atom. The molecule has 0 radical (unpaired) electrons. The molecule has 52 valence electrons. The highest BCUT2D eigenvalue weighted by Gasteiger charge is 1.91. The van der Waals surface area contributed by atoms with E-state index in [1.165, 1.54) is 6.08 Å². The zero-order valence-electron chi connectivity index (χ0n) is 4.57. The van der Waals surface area contributed by atoms with Crippen molar-refractivity contribution < 1.29 is 4.39 Å². The molecule has 0 aromatic carbocycles. The van der Waals surface area contributed by atoms with Crippen molar-refractivity contribution in [2.24, 2.45) is 5.84 Å². The van der Waals surface area contributed by atoms with E-state index < -0.39 is 11.5 Å². The zero-order valence-corrected chi connectivity index (χ0v) is 5.32. The van der Waals surface area contributed by atoms with E-state index in [-0.39, 0.29) is 0 Å². The summed E-state index contributed by atoms with van der Waals surface area (Å²) in [7, 11) is 0. The molecule has 0 saturated carbocycles. The number of alkyl halides is 1. The molecule has 0 amide bonds. The highest BCUT2D eigenvalue weighted by atomic mass is 35.5. The quantitative estimate of drug-likeness (QED) is 0.181. The zero-order chi connectivity index (χ0) is 7.28. The Morgan fingerprint density at radius 1 is 1.89 bits per heavy atom. The van der Waals surface area contributed by atoms with Gasteiger partial charge >= 0.3 is 0 Å². The maximum Gasteiger partial charge on any atom is 0.205 e. The molecule has 0 saturated heterocycles. The Morgan fingerprint density at radius 3 is 2.78 bits per heavy atom. The average Bonchev–Trinajstić information content (AvgIpc) is 1.83. The Balaban J connectivity index is 3.56. The lowest BCUT2D eigenvalue weighted by Crippen LogP contribution is -2.28. The number of nitrogens with two attached hydrogens (primary N) is 1. The predicted octanol–water partition coefficient (Wildman–Crippen LogP) is 0.518. The van der Waals surface area contributed by atoms with Crippen molar-refractivity contribution in [3.63, 3.8) is 0 Å². The predicted molar refractivity (Wildman–Crippen MR) is 34.9 cm³/mol. The molecule has 0 bridgehead atoms. The fourth-order valence-electron chi connectivity index (χ4n) is 0.225. The summed E-state index contributed by atoms with van der Waals surface area (Å²) in [6.07, 6.45) is 2.14. The number of hydrazine groups is 1. The standard InChI is InChI=1S/C4H7ClFN3/c5-3(9-8)1-2-4(6)7/h1-3,7,9H,8H2/b2-1-,7-4?. The van der Waals surface area contributed by atoms with Crippen LogP contribution in [0.1, 0.15) is 0 Å². The number of halogens is 2. The van der Waals surface area contributed by atoms with Gasteiger partial charge in [0.1, 0.15) is 5.50 Å². The van der Waals surface area contributed by atoms with Gasteiger partial charge in [-0.1, -0.05) is 11.6 Å². The third-order valence-electron chi connectivity index (χ3n) is 0.571. The molecule has 0 rings (SSSR count). The molecule has 0 spiro atoms. The first-order valence-electron chi connectivity index (χ1n) is 2.19. The van der Waals surface area contributed by atoms with Crippen molar-refractivity contribution in [3.8, 4) is 0 Å². The molecule has 4 N–H and O–H groups in total. The molecule has 0 heterocycles. The van der Waals surface area contributed by atoms with Gasteiger partial charge in [0.05, 0.1) is 0 Å². The molecule has 0 fully saturated rings. The van der Waals surface area contributed by atoms with Crippen molar-refractivity contribution in [1.29, 1.82) is 5.41 Å². The lowest BCUT2D eigenvalue weighted by Gasteiger charge is -1.97. The largest absolute Gasteiger partial charge is 0.274 e. The molecule has 0 aliphatic heterocycles. The van der Waals surface area contributed by atoms with E-state index in [4.69, 9.17) is 22.9 Å². The Labute approximate surface area is 57.2 Å². The van der Waals surface area contributed by atoms with Gasteiger partial charge in [-0.3, -0.25) is 11.3 Å². The first kappa shape index (κ1) is 8.55. The molecule has 1 unspecified atom stereocenters. The molecular weight excluding hydrogens is 145 g/mol. The van der Waals surface area contributed by atoms with Crippen LogP contribution in [-0.2, 0) is 0 Å². The molecule has 9 heavy (non-hydrogen) atoms. The molecule has 0 aromatic heterocycles. The van der Waals surface area contributed by atoms with Crippen molar-refractivity contribution in [1.82, 2.24) is 5.43 Å². The van der Waals surface area contributed by atoms with E-state index >= 15 is 0 Å². The van der Waals surface area contributed by atoms with Crippen LogP contribution in [0, 0.1) is 5.41 Å². The summed E-state index contributed by atoms with van der Waals surface area (Å²) in [5, 5.41) is 6.28. The summed E-state index contributed by atoms with van der Waals surface area (Å²) < 4.78 is 11.6. The van der Waals surface area contributed by atoms with Gasteiger partial charge in [-0.25, -0.2) is 5.43 Å². The van der Waals surface area contributed by atoms with Gasteiger partial charge in [-0.2, -0.15) is 4.39 Å². The Kier molecular flexibility index (Phi) is 4.21. The molecule has 0 aromatic rings. The van der Waals surface area contributed by atoms with Crippen LogP contribution in [0.25, 0.3) is 0 Å². The molecule has 0 aliphatic carbocycles. The highest BCUT2D eigenvalue weighted by Crippen LogP contribution is 1.90. The van der Waals surface area contributed by atoms with Gasteiger partial charge in [-0.15, -0.1) is 0 Å². The van der Waals surface area contributed by atoms with E-state index in [9.17, 15) is 4.39 Å². The Hall–Kier alpha value is -0.450. The van der Waals surface area contributed by atoms with Crippen LogP contribution in [0.5, 0.6) is 0 Å². The van der Waals surface area contributed by atoms with Gasteiger partial charge in [0.25, 0.3) is 0 Å². The summed E-state index contributed by atoms with van der Waals surface area (Å²) in [6.45, 7) is 0. The lowest BCUT2D eigenvalue weighted by molar-refractivity contribution is 0.767. The maximum atomic E-state index is 11.6. The van der Waals surface area contributed by atoms with Crippen LogP contribution in [-0.4, -0.2) is 11.5 Å². The summed E-state index contributed by atoms with van der Waals surface area (Å²) in [5.41, 5.74) is 1.51. The normalized spacial score (nSPS) is 14.1. The summed E-state index contributed by atoms with van der Waals surface area (Å²) in [5.74, 6) is 3.79. The van der Waals surface area contributed by atoms with Crippen molar-refractivity contribution in [2.45, 2.75) is 5.50 Å². The van der Waals surface area contributed by atoms with Gasteiger partial charge in [0, 0.05) is 0 Å². The van der Waals surface area contributed by atoms with Gasteiger partial charge in [0.2, 0.25) is 5.97 Å². The van der Waals surface area contributed by atoms with Crippen LogP contribution in [0.4, 0.5) is 4.39 Å². The van der Waals surface area contributed by atoms with E-state index in [1.807, 2.05) is 0 Å². The number of rotatable bonds is 3. The topological polar surface area (TPSA) is 61.9 Å². The number of nitrogens with one attached hydrogen (secondary N) is 2. The monoisotopic (exact) mass is 151 g/mol. The van der Waals surface area contributed by atoms with Crippen LogP contribution < -0.4 is 11.3 Å². The number of allylic oxidation sites excluding steroid dienone is 1. The summed E-state index contributed by atoms with van der Waals surface area (Å²) in [6, 6.07) is 0. The third kappa shape index (κ3) is 5.42. The smallest absolute Gasteiger partial charge is 0.205 e. The average molecular weight is 152 g/mol. The summed E-state index contributed by atoms with van der Waals surface area (Å²) >= 11 is 5.32. The second kappa shape index (κ2) is 4.43. The van der Waals surface area contributed by atoms with Gasteiger partial charge in [0.15, 0.2) is 0 Å². The van der Waals surface area contributed by atoms with E-state index in [0.29, 0.717) is 0 Å². The van der Waals surface area contributed by atoms with Crippen molar-refractivity contribution >= 4 is 17.6 Å². The third-order valence-corrected chi connectivity index (χ3v) is 0.842. The van der Waals surface area contributed by atoms with E-state index in [1.54, 1.807) is 0 Å². The van der Waals surface area contributed by atoms with Crippen LogP contribution >= 0.6 is 11.6 Å². The second-order valence-electron chi connectivity index (χ2n) is 1.28. The fraction of sp³-hybridized carbons (Fsp3) is 0.250. The van der Waals surface area contributed by atoms with Crippen LogP contribution in [0.3, 0.4) is 0 Å². The van der Waals surface area contributed by atoms with E-state index in [0.717, 1.165) is 6.08 Å². The fourth-order valence-corrected chi connectivity index (χ4v) is 0.297. The van der Waals surface area contributed by atoms with Crippen molar-refractivity contribution in [3.05, 3.63) is 12.2 Å².